The SMILES string of the molecule is COc1ccc(CCC(=O)NCCCOC2CCCCC2)cc1. The number of amides is 1. The summed E-state index contributed by atoms with van der Waals surface area (Å²) in [5, 5.41) is 2.97. The second-order valence-electron chi connectivity index (χ2n) is 6.18. The van der Waals surface area contributed by atoms with Crippen molar-refractivity contribution >= 4 is 5.91 Å². The van der Waals surface area contributed by atoms with E-state index in [0.717, 1.165) is 30.8 Å². The van der Waals surface area contributed by atoms with Crippen LogP contribution >= 0.6 is 0 Å². The molecule has 0 aliphatic heterocycles. The lowest BCUT2D eigenvalue weighted by Crippen LogP contribution is -2.26. The Morgan fingerprint density at radius 2 is 1.91 bits per heavy atom. The molecule has 0 spiro atoms. The average molecular weight is 319 g/mol. The van der Waals surface area contributed by atoms with Gasteiger partial charge in [0.05, 0.1) is 13.2 Å². The highest BCUT2D eigenvalue weighted by atomic mass is 16.5. The molecule has 1 aliphatic rings. The van der Waals surface area contributed by atoms with E-state index < -0.39 is 0 Å². The maximum Gasteiger partial charge on any atom is 0.220 e. The Kier molecular flexibility index (Phi) is 7.95. The molecule has 128 valence electrons. The summed E-state index contributed by atoms with van der Waals surface area (Å²) < 4.78 is 11.0. The minimum absolute atomic E-state index is 0.110. The number of aryl methyl sites for hydroxylation is 1. The van der Waals surface area contributed by atoms with Crippen molar-refractivity contribution in [1.29, 1.82) is 0 Å². The van der Waals surface area contributed by atoms with E-state index in [1.54, 1.807) is 7.11 Å². The summed E-state index contributed by atoms with van der Waals surface area (Å²) in [6, 6.07) is 7.86. The first kappa shape index (κ1) is 17.8. The summed E-state index contributed by atoms with van der Waals surface area (Å²) in [5.74, 6) is 0.953. The van der Waals surface area contributed by atoms with E-state index in [1.807, 2.05) is 24.3 Å². The molecule has 1 aromatic carbocycles. The molecule has 4 nitrogen and oxygen atoms in total. The normalized spacial score (nSPS) is 15.3. The number of carbonyl (C=O) groups excluding carboxylic acids is 1. The van der Waals surface area contributed by atoms with Crippen LogP contribution in [-0.4, -0.2) is 32.3 Å². The largest absolute Gasteiger partial charge is 0.497 e. The van der Waals surface area contributed by atoms with Crippen LogP contribution in [0, 0.1) is 0 Å². The van der Waals surface area contributed by atoms with Gasteiger partial charge in [-0.25, -0.2) is 0 Å². The number of hydrogen-bond acceptors (Lipinski definition) is 3. The third kappa shape index (κ3) is 7.04. The van der Waals surface area contributed by atoms with Crippen LogP contribution < -0.4 is 10.1 Å². The maximum atomic E-state index is 11.8. The lowest BCUT2D eigenvalue weighted by molar-refractivity contribution is -0.121. The number of ether oxygens (including phenoxy) is 2. The molecule has 2 rings (SSSR count). The van der Waals surface area contributed by atoms with Crippen LogP contribution in [0.4, 0.5) is 0 Å². The zero-order chi connectivity index (χ0) is 16.3. The molecule has 0 radical (unpaired) electrons. The van der Waals surface area contributed by atoms with Gasteiger partial charge < -0.3 is 14.8 Å². The molecule has 4 heteroatoms. The maximum absolute atomic E-state index is 11.8. The zero-order valence-electron chi connectivity index (χ0n) is 14.2. The third-order valence-electron chi connectivity index (χ3n) is 4.35. The second-order valence-corrected chi connectivity index (χ2v) is 6.18. The fourth-order valence-corrected chi connectivity index (χ4v) is 2.92. The molecule has 1 saturated carbocycles. The van der Waals surface area contributed by atoms with Crippen molar-refractivity contribution in [2.24, 2.45) is 0 Å². The van der Waals surface area contributed by atoms with Gasteiger partial charge in [-0.05, 0) is 43.4 Å². The molecule has 1 aromatic rings. The number of nitrogens with one attached hydrogen (secondary N) is 1. The van der Waals surface area contributed by atoms with Crippen molar-refractivity contribution in [3.63, 3.8) is 0 Å². The molecule has 23 heavy (non-hydrogen) atoms. The minimum atomic E-state index is 0.110. The summed E-state index contributed by atoms with van der Waals surface area (Å²) in [4.78, 5) is 11.8. The molecule has 0 bridgehead atoms. The monoisotopic (exact) mass is 319 g/mol. The van der Waals surface area contributed by atoms with Gasteiger partial charge >= 0.3 is 0 Å². The predicted molar refractivity (Wildman–Crippen MR) is 91.8 cm³/mol. The standard InChI is InChI=1S/C19H29NO3/c1-22-17-11-8-16(9-12-17)10-13-19(21)20-14-5-15-23-18-6-3-2-4-7-18/h8-9,11-12,18H,2-7,10,13-15H2,1H3,(H,20,21). The first-order valence-corrected chi connectivity index (χ1v) is 8.79. The van der Waals surface area contributed by atoms with Gasteiger partial charge in [0, 0.05) is 19.6 Å². The van der Waals surface area contributed by atoms with Crippen LogP contribution in [0.3, 0.4) is 0 Å². The number of benzene rings is 1. The highest BCUT2D eigenvalue weighted by molar-refractivity contribution is 5.76. The van der Waals surface area contributed by atoms with Crippen LogP contribution in [0.1, 0.15) is 50.5 Å². The lowest BCUT2D eigenvalue weighted by Gasteiger charge is -2.21. The van der Waals surface area contributed by atoms with E-state index in [-0.39, 0.29) is 5.91 Å². The Morgan fingerprint density at radius 3 is 2.61 bits per heavy atom. The number of hydrogen-bond donors (Lipinski definition) is 1. The summed E-state index contributed by atoms with van der Waals surface area (Å²) in [5.41, 5.74) is 1.15. The minimum Gasteiger partial charge on any atom is -0.497 e. The molecule has 0 unspecified atom stereocenters. The predicted octanol–water partition coefficient (Wildman–Crippen LogP) is 3.48. The number of methoxy groups -OCH3 is 1. The number of carbonyl (C=O) groups is 1. The third-order valence-corrected chi connectivity index (χ3v) is 4.35. The Balaban J connectivity index is 1.50. The Morgan fingerprint density at radius 1 is 1.17 bits per heavy atom. The van der Waals surface area contributed by atoms with E-state index in [0.29, 0.717) is 19.1 Å². The molecular formula is C19H29NO3. The summed E-state index contributed by atoms with van der Waals surface area (Å²) >= 11 is 0. The first-order valence-electron chi connectivity index (χ1n) is 8.79. The molecule has 0 heterocycles. The van der Waals surface area contributed by atoms with E-state index in [1.165, 1.54) is 32.1 Å². The van der Waals surface area contributed by atoms with Crippen molar-refractivity contribution in [3.8, 4) is 5.75 Å². The molecule has 0 atom stereocenters. The lowest BCUT2D eigenvalue weighted by atomic mass is 9.98. The highest BCUT2D eigenvalue weighted by Crippen LogP contribution is 2.20. The number of rotatable bonds is 9. The highest BCUT2D eigenvalue weighted by Gasteiger charge is 2.13. The van der Waals surface area contributed by atoms with Gasteiger partial charge in [-0.15, -0.1) is 0 Å². The quantitative estimate of drug-likeness (QED) is 0.709. The van der Waals surface area contributed by atoms with Gasteiger partial charge in [-0.2, -0.15) is 0 Å². The molecule has 1 fully saturated rings. The van der Waals surface area contributed by atoms with Crippen molar-refractivity contribution in [2.45, 2.75) is 57.5 Å². The van der Waals surface area contributed by atoms with Crippen LogP contribution in [0.15, 0.2) is 24.3 Å². The van der Waals surface area contributed by atoms with E-state index in [4.69, 9.17) is 9.47 Å². The van der Waals surface area contributed by atoms with Crippen molar-refractivity contribution < 1.29 is 14.3 Å². The van der Waals surface area contributed by atoms with Crippen LogP contribution in [-0.2, 0) is 16.0 Å². The summed E-state index contributed by atoms with van der Waals surface area (Å²) in [7, 11) is 1.65. The van der Waals surface area contributed by atoms with Gasteiger partial charge in [0.2, 0.25) is 5.91 Å². The van der Waals surface area contributed by atoms with Crippen LogP contribution in [0.25, 0.3) is 0 Å². The van der Waals surface area contributed by atoms with Crippen molar-refractivity contribution in [2.75, 3.05) is 20.3 Å². The molecule has 1 amide bonds. The van der Waals surface area contributed by atoms with Crippen molar-refractivity contribution in [1.82, 2.24) is 5.32 Å². The van der Waals surface area contributed by atoms with Gasteiger partial charge in [0.25, 0.3) is 0 Å². The van der Waals surface area contributed by atoms with Gasteiger partial charge in [0.15, 0.2) is 0 Å². The first-order chi connectivity index (χ1) is 11.3. The Hall–Kier alpha value is -1.55. The summed E-state index contributed by atoms with van der Waals surface area (Å²) in [6.45, 7) is 1.46. The molecule has 0 saturated heterocycles. The molecule has 0 aromatic heterocycles. The van der Waals surface area contributed by atoms with Gasteiger partial charge in [-0.3, -0.25) is 4.79 Å². The van der Waals surface area contributed by atoms with E-state index in [9.17, 15) is 4.79 Å². The smallest absolute Gasteiger partial charge is 0.220 e. The van der Waals surface area contributed by atoms with E-state index >= 15 is 0 Å². The Bertz CT molecular complexity index is 452. The summed E-state index contributed by atoms with van der Waals surface area (Å²) in [6.07, 6.45) is 8.98. The average Bonchev–Trinajstić information content (AvgIpc) is 2.61. The van der Waals surface area contributed by atoms with Crippen LogP contribution in [0.5, 0.6) is 5.75 Å². The second kappa shape index (κ2) is 10.3. The van der Waals surface area contributed by atoms with Gasteiger partial charge in [-0.1, -0.05) is 31.4 Å². The van der Waals surface area contributed by atoms with Crippen molar-refractivity contribution in [3.05, 3.63) is 29.8 Å². The van der Waals surface area contributed by atoms with Crippen LogP contribution in [0.2, 0.25) is 0 Å². The fraction of sp³-hybridized carbons (Fsp3) is 0.632. The Labute approximate surface area is 139 Å². The van der Waals surface area contributed by atoms with Gasteiger partial charge in [0.1, 0.15) is 5.75 Å². The molecule has 1 N–H and O–H groups in total. The molecule has 1 aliphatic carbocycles. The zero-order valence-corrected chi connectivity index (χ0v) is 14.2. The fourth-order valence-electron chi connectivity index (χ4n) is 2.92. The van der Waals surface area contributed by atoms with E-state index in [2.05, 4.69) is 5.32 Å². The topological polar surface area (TPSA) is 47.6 Å². The molecular weight excluding hydrogens is 290 g/mol.